The molecular formula is C20H19Cl2N2O2+. The van der Waals surface area contributed by atoms with E-state index in [2.05, 4.69) is 5.32 Å². The molecule has 4 nitrogen and oxygen atoms in total. The average molecular weight is 390 g/mol. The van der Waals surface area contributed by atoms with E-state index in [1.807, 2.05) is 54.7 Å². The lowest BCUT2D eigenvalue weighted by atomic mass is 10.0. The third-order valence-electron chi connectivity index (χ3n) is 4.09. The number of anilines is 1. The van der Waals surface area contributed by atoms with Crippen molar-refractivity contribution in [2.45, 2.75) is 19.0 Å². The fraction of sp³-hybridized carbons (Fsp3) is 0.150. The van der Waals surface area contributed by atoms with Gasteiger partial charge in [0.05, 0.1) is 17.0 Å². The molecule has 2 atom stereocenters. The Morgan fingerprint density at radius 2 is 1.85 bits per heavy atom. The predicted octanol–water partition coefficient (Wildman–Crippen LogP) is 4.27. The number of nitrogens with one attached hydrogen (secondary N) is 1. The summed E-state index contributed by atoms with van der Waals surface area (Å²) < 4.78 is 5.58. The van der Waals surface area contributed by atoms with E-state index in [1.54, 1.807) is 24.5 Å². The summed E-state index contributed by atoms with van der Waals surface area (Å²) in [6, 6.07) is 18.2. The number of carbonyl (C=O) groups excluding carboxylic acids is 1. The number of nitrogens with two attached hydrogens (primary N) is 1. The lowest BCUT2D eigenvalue weighted by Crippen LogP contribution is -2.92. The first-order chi connectivity index (χ1) is 12.5. The van der Waals surface area contributed by atoms with Crippen molar-refractivity contribution in [2.75, 3.05) is 5.32 Å². The number of hydrogen-bond donors (Lipinski definition) is 2. The van der Waals surface area contributed by atoms with Crippen LogP contribution in [0.2, 0.25) is 10.0 Å². The molecule has 0 aliphatic heterocycles. The van der Waals surface area contributed by atoms with Gasteiger partial charge in [-0.25, -0.2) is 0 Å². The first-order valence-corrected chi connectivity index (χ1v) is 8.99. The standard InChI is InChI=1S/C20H18Cl2N2O2/c1-13(20(25)24-17-10-9-15(21)12-16(17)22)23-19(18-8-5-11-26-18)14-6-3-2-4-7-14/h2-13,19,23H,1H3,(H,24,25)/p+1/t13-,19+/m1/s1. The molecule has 0 bridgehead atoms. The van der Waals surface area contributed by atoms with Gasteiger partial charge in [0, 0.05) is 10.6 Å². The maximum atomic E-state index is 12.6. The van der Waals surface area contributed by atoms with Crippen molar-refractivity contribution in [3.8, 4) is 0 Å². The minimum absolute atomic E-state index is 0.118. The fourth-order valence-electron chi connectivity index (χ4n) is 2.71. The second-order valence-corrected chi connectivity index (χ2v) is 6.84. The van der Waals surface area contributed by atoms with Gasteiger partial charge in [-0.05, 0) is 37.3 Å². The fourth-order valence-corrected chi connectivity index (χ4v) is 3.17. The molecule has 6 heteroatoms. The number of benzene rings is 2. The molecular weight excluding hydrogens is 371 g/mol. The van der Waals surface area contributed by atoms with E-state index in [9.17, 15) is 4.79 Å². The molecule has 26 heavy (non-hydrogen) atoms. The van der Waals surface area contributed by atoms with Crippen molar-refractivity contribution in [3.63, 3.8) is 0 Å². The smallest absolute Gasteiger partial charge is 0.282 e. The highest BCUT2D eigenvalue weighted by Crippen LogP contribution is 2.25. The first-order valence-electron chi connectivity index (χ1n) is 8.24. The molecule has 3 rings (SSSR count). The summed E-state index contributed by atoms with van der Waals surface area (Å²) >= 11 is 12.0. The minimum atomic E-state index is -0.364. The van der Waals surface area contributed by atoms with Crippen LogP contribution in [0.1, 0.15) is 24.3 Å². The number of hydrogen-bond acceptors (Lipinski definition) is 2. The Hall–Kier alpha value is -2.27. The zero-order valence-electron chi connectivity index (χ0n) is 14.2. The third-order valence-corrected chi connectivity index (χ3v) is 4.64. The topological polar surface area (TPSA) is 58.9 Å². The van der Waals surface area contributed by atoms with Crippen molar-refractivity contribution in [3.05, 3.63) is 88.3 Å². The molecule has 134 valence electrons. The van der Waals surface area contributed by atoms with Crippen LogP contribution >= 0.6 is 23.2 Å². The zero-order valence-corrected chi connectivity index (χ0v) is 15.7. The lowest BCUT2D eigenvalue weighted by Gasteiger charge is -2.19. The normalized spacial score (nSPS) is 13.2. The van der Waals surface area contributed by atoms with E-state index in [1.165, 1.54) is 0 Å². The van der Waals surface area contributed by atoms with Crippen LogP contribution < -0.4 is 10.6 Å². The van der Waals surface area contributed by atoms with Gasteiger partial charge in [-0.2, -0.15) is 0 Å². The van der Waals surface area contributed by atoms with Gasteiger partial charge in [0.2, 0.25) is 0 Å². The quantitative estimate of drug-likeness (QED) is 0.661. The van der Waals surface area contributed by atoms with Gasteiger partial charge in [0.1, 0.15) is 0 Å². The molecule has 1 heterocycles. The molecule has 1 aromatic heterocycles. The number of quaternary nitrogens is 1. The molecule has 0 radical (unpaired) electrons. The van der Waals surface area contributed by atoms with E-state index in [0.29, 0.717) is 15.7 Å². The molecule has 0 saturated heterocycles. The van der Waals surface area contributed by atoms with E-state index < -0.39 is 0 Å². The molecule has 3 aromatic rings. The maximum Gasteiger partial charge on any atom is 0.282 e. The van der Waals surface area contributed by atoms with Gasteiger partial charge in [0.25, 0.3) is 5.91 Å². The Bertz CT molecular complexity index is 867. The molecule has 0 aliphatic carbocycles. The first kappa shape index (κ1) is 18.5. The van der Waals surface area contributed by atoms with Crippen LogP contribution in [0.25, 0.3) is 0 Å². The molecule has 0 aliphatic rings. The Balaban J connectivity index is 1.75. The Morgan fingerprint density at radius 1 is 1.08 bits per heavy atom. The highest BCUT2D eigenvalue weighted by atomic mass is 35.5. The summed E-state index contributed by atoms with van der Waals surface area (Å²) in [4.78, 5) is 12.6. The average Bonchev–Trinajstić information content (AvgIpc) is 3.17. The molecule has 1 amide bonds. The van der Waals surface area contributed by atoms with Gasteiger partial charge in [-0.1, -0.05) is 53.5 Å². The number of furan rings is 1. The summed E-state index contributed by atoms with van der Waals surface area (Å²) in [5, 5.41) is 5.74. The van der Waals surface area contributed by atoms with Gasteiger partial charge >= 0.3 is 0 Å². The molecule has 0 unspecified atom stereocenters. The predicted molar refractivity (Wildman–Crippen MR) is 103 cm³/mol. The summed E-state index contributed by atoms with van der Waals surface area (Å²) in [6.45, 7) is 1.85. The van der Waals surface area contributed by atoms with E-state index in [4.69, 9.17) is 27.6 Å². The van der Waals surface area contributed by atoms with Gasteiger partial charge in [-0.15, -0.1) is 0 Å². The van der Waals surface area contributed by atoms with E-state index in [-0.39, 0.29) is 18.0 Å². The summed E-state index contributed by atoms with van der Waals surface area (Å²) in [6.07, 6.45) is 1.64. The third kappa shape index (κ3) is 4.47. The molecule has 3 N–H and O–H groups in total. The number of carbonyl (C=O) groups is 1. The van der Waals surface area contributed by atoms with Crippen LogP contribution in [0, 0.1) is 0 Å². The van der Waals surface area contributed by atoms with Crippen LogP contribution in [0.3, 0.4) is 0 Å². The monoisotopic (exact) mass is 389 g/mol. The lowest BCUT2D eigenvalue weighted by molar-refractivity contribution is -0.706. The number of rotatable bonds is 6. The second kappa shape index (κ2) is 8.41. The van der Waals surface area contributed by atoms with E-state index >= 15 is 0 Å². The highest BCUT2D eigenvalue weighted by molar-refractivity contribution is 6.36. The van der Waals surface area contributed by atoms with Crippen molar-refractivity contribution >= 4 is 34.8 Å². The summed E-state index contributed by atoms with van der Waals surface area (Å²) in [5.41, 5.74) is 1.60. The number of amides is 1. The Kier molecular flexibility index (Phi) is 5.99. The summed E-state index contributed by atoms with van der Waals surface area (Å²) in [7, 11) is 0. The van der Waals surface area contributed by atoms with Crippen LogP contribution in [0.4, 0.5) is 5.69 Å². The second-order valence-electron chi connectivity index (χ2n) is 6.00. The maximum absolute atomic E-state index is 12.6. The number of halogens is 2. The largest absolute Gasteiger partial charge is 0.463 e. The summed E-state index contributed by atoms with van der Waals surface area (Å²) in [5.74, 6) is 0.641. The van der Waals surface area contributed by atoms with Crippen molar-refractivity contribution in [1.82, 2.24) is 0 Å². The molecule has 2 aromatic carbocycles. The SMILES string of the molecule is C[C@@H]([NH2+][C@@H](c1ccccc1)c1ccco1)C(=O)Nc1ccc(Cl)cc1Cl. The zero-order chi connectivity index (χ0) is 18.5. The van der Waals surface area contributed by atoms with Crippen LogP contribution in [-0.2, 0) is 4.79 Å². The van der Waals surface area contributed by atoms with Crippen LogP contribution in [0.15, 0.2) is 71.3 Å². The Labute approximate surface area is 162 Å². The molecule has 0 saturated carbocycles. The Morgan fingerprint density at radius 3 is 2.50 bits per heavy atom. The minimum Gasteiger partial charge on any atom is -0.463 e. The van der Waals surface area contributed by atoms with Crippen molar-refractivity contribution < 1.29 is 14.5 Å². The van der Waals surface area contributed by atoms with Crippen molar-refractivity contribution in [1.29, 1.82) is 0 Å². The van der Waals surface area contributed by atoms with Crippen molar-refractivity contribution in [2.24, 2.45) is 0 Å². The molecule has 0 spiro atoms. The van der Waals surface area contributed by atoms with E-state index in [0.717, 1.165) is 11.3 Å². The highest BCUT2D eigenvalue weighted by Gasteiger charge is 2.27. The van der Waals surface area contributed by atoms with Gasteiger partial charge in [0.15, 0.2) is 17.8 Å². The van der Waals surface area contributed by atoms with Crippen LogP contribution in [-0.4, -0.2) is 11.9 Å². The van der Waals surface area contributed by atoms with Crippen LogP contribution in [0.5, 0.6) is 0 Å². The molecule has 0 fully saturated rings. The van der Waals surface area contributed by atoms with Gasteiger partial charge in [-0.3, -0.25) is 4.79 Å². The van der Waals surface area contributed by atoms with Gasteiger partial charge < -0.3 is 15.1 Å².